The number of carbonyl (C=O) groups is 1. The number of carbonyl (C=O) groups excluding carboxylic acids is 1. The molecule has 1 N–H and O–H groups in total. The average molecular weight is 508 g/mol. The van der Waals surface area contributed by atoms with Crippen LogP contribution in [0.3, 0.4) is 0 Å². The number of aryl methyl sites for hydroxylation is 1. The molecule has 0 saturated heterocycles. The van der Waals surface area contributed by atoms with Gasteiger partial charge in [-0.1, -0.05) is 113 Å². The predicted molar refractivity (Wildman–Crippen MR) is 162 cm³/mol. The van der Waals surface area contributed by atoms with Crippen molar-refractivity contribution in [2.45, 2.75) is 84.0 Å². The number of rotatable bonds is 12. The topological polar surface area (TPSA) is 29.1 Å². The van der Waals surface area contributed by atoms with E-state index >= 15 is 0 Å². The molecule has 2 heteroatoms. The van der Waals surface area contributed by atoms with Crippen LogP contribution in [0.2, 0.25) is 0 Å². The van der Waals surface area contributed by atoms with E-state index in [9.17, 15) is 4.79 Å². The van der Waals surface area contributed by atoms with Gasteiger partial charge in [-0.05, 0) is 95.4 Å². The van der Waals surface area contributed by atoms with Crippen molar-refractivity contribution >= 4 is 5.91 Å². The van der Waals surface area contributed by atoms with Crippen LogP contribution < -0.4 is 5.32 Å². The molecule has 0 aromatic heterocycles. The van der Waals surface area contributed by atoms with Crippen LogP contribution in [0.1, 0.15) is 87.8 Å². The van der Waals surface area contributed by atoms with Gasteiger partial charge in [-0.2, -0.15) is 0 Å². The van der Waals surface area contributed by atoms with E-state index in [0.29, 0.717) is 6.54 Å². The lowest BCUT2D eigenvalue weighted by molar-refractivity contribution is -0.116. The van der Waals surface area contributed by atoms with Crippen molar-refractivity contribution in [3.63, 3.8) is 0 Å². The fourth-order valence-corrected chi connectivity index (χ4v) is 6.02. The van der Waals surface area contributed by atoms with Gasteiger partial charge in [0.05, 0.1) is 0 Å². The summed E-state index contributed by atoms with van der Waals surface area (Å²) in [7, 11) is 0. The van der Waals surface area contributed by atoms with Gasteiger partial charge in [0.1, 0.15) is 0 Å². The van der Waals surface area contributed by atoms with Gasteiger partial charge in [-0.25, -0.2) is 0 Å². The summed E-state index contributed by atoms with van der Waals surface area (Å²) in [4.78, 5) is 11.3. The summed E-state index contributed by atoms with van der Waals surface area (Å²) < 4.78 is 0. The fraction of sp³-hybridized carbons (Fsp3) is 0.417. The number of unbranched alkanes of at least 4 members (excludes halogenated alkanes) is 2. The maximum Gasteiger partial charge on any atom is 0.243 e. The third kappa shape index (κ3) is 7.47. The largest absolute Gasteiger partial charge is 0.352 e. The van der Waals surface area contributed by atoms with Crippen molar-refractivity contribution in [2.75, 3.05) is 6.54 Å². The summed E-state index contributed by atoms with van der Waals surface area (Å²) in [5.74, 6) is 1.58. The first-order chi connectivity index (χ1) is 18.6. The van der Waals surface area contributed by atoms with Gasteiger partial charge >= 0.3 is 0 Å². The zero-order valence-corrected chi connectivity index (χ0v) is 23.5. The molecule has 1 aliphatic carbocycles. The summed E-state index contributed by atoms with van der Waals surface area (Å²) in [6.07, 6.45) is 14.2. The van der Waals surface area contributed by atoms with Crippen LogP contribution in [0, 0.1) is 5.92 Å². The monoisotopic (exact) mass is 507 g/mol. The van der Waals surface area contributed by atoms with Crippen LogP contribution in [0.4, 0.5) is 0 Å². The van der Waals surface area contributed by atoms with Crippen LogP contribution in [0.25, 0.3) is 22.3 Å². The Balaban J connectivity index is 1.38. The molecule has 0 heterocycles. The smallest absolute Gasteiger partial charge is 0.243 e. The van der Waals surface area contributed by atoms with E-state index in [1.807, 2.05) is 0 Å². The van der Waals surface area contributed by atoms with Crippen molar-refractivity contribution in [3.05, 3.63) is 96.1 Å². The molecule has 4 rings (SSSR count). The van der Waals surface area contributed by atoms with Crippen molar-refractivity contribution in [1.82, 2.24) is 5.32 Å². The SMILES string of the molecule is C=CC(=O)NCCc1ccc(-c2ccc(-c3ccc(C4CCC(CCCCC)CC4)cc3)c(CC)c2)cc1. The Kier molecular flexibility index (Phi) is 10.4. The molecule has 0 radical (unpaired) electrons. The molecular weight excluding hydrogens is 462 g/mol. The maximum atomic E-state index is 11.3. The number of hydrogen-bond acceptors (Lipinski definition) is 1. The molecule has 3 aromatic carbocycles. The first-order valence-electron chi connectivity index (χ1n) is 14.8. The molecule has 0 atom stereocenters. The van der Waals surface area contributed by atoms with Crippen molar-refractivity contribution in [3.8, 4) is 22.3 Å². The Labute approximate surface area is 230 Å². The van der Waals surface area contributed by atoms with Gasteiger partial charge in [0.2, 0.25) is 5.91 Å². The Morgan fingerprint density at radius 3 is 2.21 bits per heavy atom. The van der Waals surface area contributed by atoms with Crippen LogP contribution in [-0.4, -0.2) is 12.5 Å². The lowest BCUT2D eigenvalue weighted by Crippen LogP contribution is -2.23. The Morgan fingerprint density at radius 2 is 1.55 bits per heavy atom. The van der Waals surface area contributed by atoms with Crippen LogP contribution in [-0.2, 0) is 17.6 Å². The van der Waals surface area contributed by atoms with Gasteiger partial charge in [0, 0.05) is 6.54 Å². The highest BCUT2D eigenvalue weighted by atomic mass is 16.1. The van der Waals surface area contributed by atoms with Crippen molar-refractivity contribution in [2.24, 2.45) is 5.92 Å². The summed E-state index contributed by atoms with van der Waals surface area (Å²) in [5.41, 5.74) is 9.28. The van der Waals surface area contributed by atoms with E-state index in [0.717, 1.165) is 24.7 Å². The summed E-state index contributed by atoms with van der Waals surface area (Å²) in [6.45, 7) is 8.66. The molecule has 1 amide bonds. The van der Waals surface area contributed by atoms with E-state index in [2.05, 4.69) is 92.5 Å². The molecule has 200 valence electrons. The van der Waals surface area contributed by atoms with Gasteiger partial charge in [-0.3, -0.25) is 4.79 Å². The van der Waals surface area contributed by atoms with E-state index in [4.69, 9.17) is 0 Å². The lowest BCUT2D eigenvalue weighted by Gasteiger charge is -2.29. The highest BCUT2D eigenvalue weighted by Gasteiger charge is 2.22. The summed E-state index contributed by atoms with van der Waals surface area (Å²) in [6, 6.07) is 25.1. The van der Waals surface area contributed by atoms with E-state index in [1.54, 1.807) is 0 Å². The molecule has 38 heavy (non-hydrogen) atoms. The fourth-order valence-electron chi connectivity index (χ4n) is 6.02. The second kappa shape index (κ2) is 14.1. The minimum atomic E-state index is -0.122. The number of benzene rings is 3. The number of amides is 1. The van der Waals surface area contributed by atoms with E-state index in [-0.39, 0.29) is 5.91 Å². The zero-order valence-electron chi connectivity index (χ0n) is 23.5. The van der Waals surface area contributed by atoms with Crippen LogP contribution in [0.15, 0.2) is 79.4 Å². The third-order valence-corrected chi connectivity index (χ3v) is 8.43. The molecule has 0 unspecified atom stereocenters. The highest BCUT2D eigenvalue weighted by molar-refractivity contribution is 5.86. The molecule has 0 spiro atoms. The van der Waals surface area contributed by atoms with E-state index < -0.39 is 0 Å². The molecule has 3 aromatic rings. The standard InChI is InChI=1S/C36H45NO/c1-4-7-8-9-27-10-14-30(15-11-27)31-18-20-33(21-19-31)35-23-22-34(26-29(35)5-2)32-16-12-28(13-17-32)24-25-37-36(38)6-3/h6,12-13,16-23,26-27,30H,3-5,7-11,14-15,24-25H2,1-2H3,(H,37,38). The van der Waals surface area contributed by atoms with Gasteiger partial charge in [0.25, 0.3) is 0 Å². The lowest BCUT2D eigenvalue weighted by atomic mass is 9.77. The molecule has 0 aliphatic heterocycles. The molecular formula is C36H45NO. The third-order valence-electron chi connectivity index (χ3n) is 8.43. The minimum absolute atomic E-state index is 0.122. The second-order valence-corrected chi connectivity index (χ2v) is 11.0. The first kappa shape index (κ1) is 27.9. The van der Waals surface area contributed by atoms with Crippen LogP contribution in [0.5, 0.6) is 0 Å². The average Bonchev–Trinajstić information content (AvgIpc) is 2.97. The summed E-state index contributed by atoms with van der Waals surface area (Å²) in [5, 5.41) is 2.84. The van der Waals surface area contributed by atoms with E-state index in [1.165, 1.54) is 96.4 Å². The number of hydrogen-bond donors (Lipinski definition) is 1. The normalized spacial score (nSPS) is 17.2. The predicted octanol–water partition coefficient (Wildman–Crippen LogP) is 9.28. The maximum absolute atomic E-state index is 11.3. The zero-order chi connectivity index (χ0) is 26.7. The molecule has 2 nitrogen and oxygen atoms in total. The van der Waals surface area contributed by atoms with Gasteiger partial charge in [0.15, 0.2) is 0 Å². The van der Waals surface area contributed by atoms with Gasteiger partial charge in [-0.15, -0.1) is 0 Å². The van der Waals surface area contributed by atoms with Crippen molar-refractivity contribution < 1.29 is 4.79 Å². The summed E-state index contributed by atoms with van der Waals surface area (Å²) >= 11 is 0. The Morgan fingerprint density at radius 1 is 0.868 bits per heavy atom. The Bertz CT molecular complexity index is 1170. The molecule has 1 aliphatic rings. The minimum Gasteiger partial charge on any atom is -0.352 e. The highest BCUT2D eigenvalue weighted by Crippen LogP contribution is 2.38. The quantitative estimate of drug-likeness (QED) is 0.192. The molecule has 1 fully saturated rings. The molecule has 0 bridgehead atoms. The first-order valence-corrected chi connectivity index (χ1v) is 14.8. The van der Waals surface area contributed by atoms with Crippen molar-refractivity contribution in [1.29, 1.82) is 0 Å². The Hall–Kier alpha value is -3.13. The molecule has 1 saturated carbocycles. The van der Waals surface area contributed by atoms with Gasteiger partial charge < -0.3 is 5.32 Å². The van der Waals surface area contributed by atoms with Crippen LogP contribution >= 0.6 is 0 Å². The number of nitrogens with one attached hydrogen (secondary N) is 1. The second-order valence-electron chi connectivity index (χ2n) is 11.0.